The molecule has 0 amide bonds. The minimum absolute atomic E-state index is 0.768. The van der Waals surface area contributed by atoms with Gasteiger partial charge in [-0.2, -0.15) is 0 Å². The fourth-order valence-electron chi connectivity index (χ4n) is 2.97. The van der Waals surface area contributed by atoms with Crippen LogP contribution in [0.3, 0.4) is 0 Å². The first kappa shape index (κ1) is 14.7. The van der Waals surface area contributed by atoms with Crippen LogP contribution in [0.15, 0.2) is 61.2 Å². The molecule has 0 saturated carbocycles. The molecule has 24 heavy (non-hydrogen) atoms. The van der Waals surface area contributed by atoms with Crippen LogP contribution >= 0.6 is 0 Å². The number of nitrogens with one attached hydrogen (secondary N) is 2. The standard InChI is InChI=1S/C19H19N5/c1-24(12-15-9-21-18-10-20-8-7-16(15)18)13-19-22-11-17(23-19)14-5-3-2-4-6-14/h2-11,21H,12-13H2,1H3,(H,22,23). The molecule has 5 heteroatoms. The van der Waals surface area contributed by atoms with E-state index in [0.717, 1.165) is 35.7 Å². The minimum Gasteiger partial charge on any atom is -0.360 e. The minimum atomic E-state index is 0.768. The van der Waals surface area contributed by atoms with E-state index in [1.54, 1.807) is 0 Å². The normalized spacial score (nSPS) is 11.4. The molecule has 0 atom stereocenters. The molecule has 1 aromatic carbocycles. The number of H-pyrrole nitrogens is 2. The van der Waals surface area contributed by atoms with Crippen LogP contribution in [0.1, 0.15) is 11.4 Å². The summed E-state index contributed by atoms with van der Waals surface area (Å²) in [5.74, 6) is 0.970. The third-order valence-electron chi connectivity index (χ3n) is 4.14. The van der Waals surface area contributed by atoms with Crippen molar-refractivity contribution >= 4 is 10.9 Å². The van der Waals surface area contributed by atoms with Crippen LogP contribution in [0.5, 0.6) is 0 Å². The molecule has 4 rings (SSSR count). The number of pyridine rings is 1. The Morgan fingerprint density at radius 1 is 1.04 bits per heavy atom. The summed E-state index contributed by atoms with van der Waals surface area (Å²) >= 11 is 0. The van der Waals surface area contributed by atoms with Crippen molar-refractivity contribution in [1.29, 1.82) is 0 Å². The summed E-state index contributed by atoms with van der Waals surface area (Å²) in [6, 6.07) is 12.3. The quantitative estimate of drug-likeness (QED) is 0.591. The van der Waals surface area contributed by atoms with E-state index in [-0.39, 0.29) is 0 Å². The van der Waals surface area contributed by atoms with Gasteiger partial charge in [-0.1, -0.05) is 30.3 Å². The lowest BCUT2D eigenvalue weighted by Crippen LogP contribution is -2.17. The molecule has 0 unspecified atom stereocenters. The Bertz CT molecular complexity index is 938. The molecule has 5 nitrogen and oxygen atoms in total. The van der Waals surface area contributed by atoms with Gasteiger partial charge in [0.15, 0.2) is 0 Å². The number of imidazole rings is 1. The van der Waals surface area contributed by atoms with E-state index < -0.39 is 0 Å². The molecule has 0 bridgehead atoms. The van der Waals surface area contributed by atoms with E-state index in [0.29, 0.717) is 0 Å². The summed E-state index contributed by atoms with van der Waals surface area (Å²) in [5, 5.41) is 1.22. The van der Waals surface area contributed by atoms with Crippen LogP contribution in [0.25, 0.3) is 22.2 Å². The smallest absolute Gasteiger partial charge is 0.120 e. The van der Waals surface area contributed by atoms with Crippen molar-refractivity contribution in [2.45, 2.75) is 13.1 Å². The number of fused-ring (bicyclic) bond motifs is 1. The van der Waals surface area contributed by atoms with Crippen LogP contribution in [0.2, 0.25) is 0 Å². The number of rotatable bonds is 5. The van der Waals surface area contributed by atoms with E-state index in [9.17, 15) is 0 Å². The Balaban J connectivity index is 1.47. The van der Waals surface area contributed by atoms with Gasteiger partial charge in [0, 0.05) is 24.3 Å². The van der Waals surface area contributed by atoms with Gasteiger partial charge in [0.1, 0.15) is 5.82 Å². The van der Waals surface area contributed by atoms with Crippen molar-refractivity contribution in [2.24, 2.45) is 0 Å². The van der Waals surface area contributed by atoms with Gasteiger partial charge >= 0.3 is 0 Å². The van der Waals surface area contributed by atoms with Crippen LogP contribution in [0.4, 0.5) is 0 Å². The SMILES string of the molecule is CN(Cc1ncc(-c2ccccc2)[nH]1)Cc1c[nH]c2cnccc12. The zero-order valence-electron chi connectivity index (χ0n) is 13.5. The van der Waals surface area contributed by atoms with E-state index in [1.165, 1.54) is 10.9 Å². The van der Waals surface area contributed by atoms with Gasteiger partial charge in [-0.05, 0) is 24.2 Å². The monoisotopic (exact) mass is 317 g/mol. The van der Waals surface area contributed by atoms with Crippen LogP contribution in [-0.2, 0) is 13.1 Å². The van der Waals surface area contributed by atoms with Crippen molar-refractivity contribution in [3.63, 3.8) is 0 Å². The molecule has 120 valence electrons. The van der Waals surface area contributed by atoms with Crippen molar-refractivity contribution in [1.82, 2.24) is 24.8 Å². The Labute approximate surface area is 140 Å². The van der Waals surface area contributed by atoms with Crippen molar-refractivity contribution in [3.05, 3.63) is 72.6 Å². The third kappa shape index (κ3) is 2.94. The number of aromatic nitrogens is 4. The van der Waals surface area contributed by atoms with Crippen molar-refractivity contribution in [2.75, 3.05) is 7.05 Å². The number of aromatic amines is 2. The Hall–Kier alpha value is -2.92. The second-order valence-corrected chi connectivity index (χ2v) is 6.02. The van der Waals surface area contributed by atoms with Crippen LogP contribution < -0.4 is 0 Å². The highest BCUT2D eigenvalue weighted by molar-refractivity contribution is 5.82. The number of hydrogen-bond acceptors (Lipinski definition) is 3. The largest absolute Gasteiger partial charge is 0.360 e. The first-order chi connectivity index (χ1) is 11.8. The van der Waals surface area contributed by atoms with Crippen molar-refractivity contribution < 1.29 is 0 Å². The molecule has 0 fully saturated rings. The number of benzene rings is 1. The average Bonchev–Trinajstić information content (AvgIpc) is 3.23. The molecule has 0 aliphatic carbocycles. The highest BCUT2D eigenvalue weighted by Gasteiger charge is 2.09. The van der Waals surface area contributed by atoms with Gasteiger partial charge in [0.25, 0.3) is 0 Å². The van der Waals surface area contributed by atoms with Gasteiger partial charge in [0.2, 0.25) is 0 Å². The summed E-state index contributed by atoms with van der Waals surface area (Å²) in [4.78, 5) is 17.6. The summed E-state index contributed by atoms with van der Waals surface area (Å²) in [7, 11) is 2.10. The molecule has 3 aromatic heterocycles. The number of hydrogen-bond donors (Lipinski definition) is 2. The molecule has 3 heterocycles. The van der Waals surface area contributed by atoms with E-state index in [1.807, 2.05) is 36.8 Å². The molecule has 2 N–H and O–H groups in total. The fraction of sp³-hybridized carbons (Fsp3) is 0.158. The molecular formula is C19H19N5. The second kappa shape index (κ2) is 6.29. The lowest BCUT2D eigenvalue weighted by Gasteiger charge is -2.14. The van der Waals surface area contributed by atoms with Gasteiger partial charge in [-0.15, -0.1) is 0 Å². The van der Waals surface area contributed by atoms with Crippen LogP contribution in [-0.4, -0.2) is 31.9 Å². The second-order valence-electron chi connectivity index (χ2n) is 6.02. The maximum absolute atomic E-state index is 4.51. The summed E-state index contributed by atoms with van der Waals surface area (Å²) in [6.07, 6.45) is 7.64. The molecule has 4 aromatic rings. The Morgan fingerprint density at radius 2 is 1.92 bits per heavy atom. The molecule has 0 aliphatic heterocycles. The summed E-state index contributed by atoms with van der Waals surface area (Å²) < 4.78 is 0. The molecule has 0 saturated heterocycles. The zero-order valence-corrected chi connectivity index (χ0v) is 13.5. The summed E-state index contributed by atoms with van der Waals surface area (Å²) in [5.41, 5.74) is 4.55. The van der Waals surface area contributed by atoms with Crippen molar-refractivity contribution in [3.8, 4) is 11.3 Å². The summed E-state index contributed by atoms with van der Waals surface area (Å²) in [6.45, 7) is 1.62. The predicted octanol–water partition coefficient (Wildman–Crippen LogP) is 3.59. The van der Waals surface area contributed by atoms with Gasteiger partial charge < -0.3 is 9.97 Å². The Kier molecular flexibility index (Phi) is 3.84. The lowest BCUT2D eigenvalue weighted by atomic mass is 10.2. The predicted molar refractivity (Wildman–Crippen MR) is 95.3 cm³/mol. The van der Waals surface area contributed by atoms with Crippen LogP contribution in [0, 0.1) is 0 Å². The maximum atomic E-state index is 4.51. The van der Waals surface area contributed by atoms with Gasteiger partial charge in [-0.3, -0.25) is 9.88 Å². The number of nitrogens with zero attached hydrogens (tertiary/aromatic N) is 3. The lowest BCUT2D eigenvalue weighted by molar-refractivity contribution is 0.313. The van der Waals surface area contributed by atoms with E-state index >= 15 is 0 Å². The zero-order chi connectivity index (χ0) is 16.4. The first-order valence-corrected chi connectivity index (χ1v) is 7.97. The third-order valence-corrected chi connectivity index (χ3v) is 4.14. The fourth-order valence-corrected chi connectivity index (χ4v) is 2.97. The van der Waals surface area contributed by atoms with Gasteiger partial charge in [0.05, 0.1) is 30.1 Å². The maximum Gasteiger partial charge on any atom is 0.120 e. The average molecular weight is 317 g/mol. The van der Waals surface area contributed by atoms with E-state index in [2.05, 4.69) is 56.3 Å². The molecule has 0 aliphatic rings. The first-order valence-electron chi connectivity index (χ1n) is 7.97. The Morgan fingerprint density at radius 3 is 2.79 bits per heavy atom. The highest BCUT2D eigenvalue weighted by atomic mass is 15.1. The molecule has 0 spiro atoms. The molecular weight excluding hydrogens is 298 g/mol. The van der Waals surface area contributed by atoms with E-state index in [4.69, 9.17) is 0 Å². The topological polar surface area (TPSA) is 60.6 Å². The highest BCUT2D eigenvalue weighted by Crippen LogP contribution is 2.19. The molecule has 0 radical (unpaired) electrons. The van der Waals surface area contributed by atoms with Gasteiger partial charge in [-0.25, -0.2) is 4.98 Å².